The van der Waals surface area contributed by atoms with Crippen molar-refractivity contribution in [1.29, 1.82) is 0 Å². The fourth-order valence-corrected chi connectivity index (χ4v) is 8.93. The zero-order valence-electron chi connectivity index (χ0n) is 33.0. The molecule has 4 heteroatoms. The minimum Gasteiger partial charge on any atom is -0.455 e. The molecule has 61 heavy (non-hydrogen) atoms. The van der Waals surface area contributed by atoms with Crippen molar-refractivity contribution in [3.63, 3.8) is 0 Å². The molecule has 4 nitrogen and oxygen atoms in total. The monoisotopic (exact) mass is 780 g/mol. The van der Waals surface area contributed by atoms with Gasteiger partial charge in [-0.15, -0.1) is 0 Å². The smallest absolute Gasteiger partial charge is 0.227 e. The fraction of sp³-hybridized carbons (Fsp3) is 0. The lowest BCUT2D eigenvalue weighted by atomic mass is 9.93. The van der Waals surface area contributed by atoms with Gasteiger partial charge in [0.25, 0.3) is 0 Å². The van der Waals surface area contributed by atoms with Gasteiger partial charge in [0, 0.05) is 45.0 Å². The maximum absolute atomic E-state index is 6.63. The van der Waals surface area contributed by atoms with Crippen LogP contribution in [0, 0.1) is 0 Å². The van der Waals surface area contributed by atoms with Gasteiger partial charge in [0.15, 0.2) is 5.58 Å². The average Bonchev–Trinajstić information content (AvgIpc) is 3.92. The van der Waals surface area contributed by atoms with Gasteiger partial charge in [-0.05, 0) is 110 Å². The first-order chi connectivity index (χ1) is 30.2. The first-order valence-electron chi connectivity index (χ1n) is 20.6. The largest absolute Gasteiger partial charge is 0.455 e. The minimum atomic E-state index is 0.601. The van der Waals surface area contributed by atoms with E-state index in [1.54, 1.807) is 0 Å². The topological polar surface area (TPSA) is 42.4 Å². The highest BCUT2D eigenvalue weighted by molar-refractivity contribution is 6.14. The van der Waals surface area contributed by atoms with Crippen LogP contribution in [0.25, 0.3) is 99.4 Å². The third kappa shape index (κ3) is 6.04. The molecule has 12 rings (SSSR count). The van der Waals surface area contributed by atoms with Gasteiger partial charge in [0.1, 0.15) is 16.7 Å². The Balaban J connectivity index is 0.941. The second-order valence-electron chi connectivity index (χ2n) is 15.5. The molecule has 0 aliphatic rings. The van der Waals surface area contributed by atoms with Gasteiger partial charge in [-0.3, -0.25) is 0 Å². The molecular formula is C57H36N2O2. The summed E-state index contributed by atoms with van der Waals surface area (Å²) in [6.07, 6.45) is 0. The molecule has 0 radical (unpaired) electrons. The number of aromatic nitrogens is 1. The summed E-state index contributed by atoms with van der Waals surface area (Å²) in [6.45, 7) is 0. The molecule has 2 aromatic heterocycles. The summed E-state index contributed by atoms with van der Waals surface area (Å²) in [6, 6.07) is 77.2. The van der Waals surface area contributed by atoms with Gasteiger partial charge < -0.3 is 13.7 Å². The van der Waals surface area contributed by atoms with E-state index in [0.717, 1.165) is 66.8 Å². The summed E-state index contributed by atoms with van der Waals surface area (Å²) >= 11 is 0. The van der Waals surface area contributed by atoms with Crippen LogP contribution in [-0.4, -0.2) is 4.98 Å². The highest BCUT2D eigenvalue weighted by atomic mass is 16.4. The van der Waals surface area contributed by atoms with Crippen LogP contribution >= 0.6 is 0 Å². The summed E-state index contributed by atoms with van der Waals surface area (Å²) in [7, 11) is 0. The molecule has 0 spiro atoms. The Bertz CT molecular complexity index is 3570. The summed E-state index contributed by atoms with van der Waals surface area (Å²) in [4.78, 5) is 7.17. The van der Waals surface area contributed by atoms with Gasteiger partial charge >= 0.3 is 0 Å². The molecule has 0 aliphatic heterocycles. The predicted octanol–water partition coefficient (Wildman–Crippen LogP) is 16.2. The number of hydrogen-bond acceptors (Lipinski definition) is 4. The normalized spacial score (nSPS) is 11.6. The first kappa shape index (κ1) is 34.8. The Labute approximate surface area is 352 Å². The standard InChI is InChI=1S/C57H36N2O2/c1-3-13-37(14-4-1)41-18-11-19-45(33-41)59(44-31-27-39(28-32-44)51-34-42-17-7-8-20-46(42)48-21-9-10-22-49(48)51)43-29-25-38(26-30-43)47-23-12-24-50-52-35-53-55(36-54(52)60-56(47)50)61-57(58-53)40-15-5-2-6-16-40/h1-36H. The zero-order chi connectivity index (χ0) is 40.3. The van der Waals surface area contributed by atoms with Gasteiger partial charge in [0.05, 0.1) is 0 Å². The van der Waals surface area contributed by atoms with Crippen LogP contribution in [0.4, 0.5) is 17.1 Å². The summed E-state index contributed by atoms with van der Waals surface area (Å²) < 4.78 is 12.8. The highest BCUT2D eigenvalue weighted by Gasteiger charge is 2.19. The molecule has 12 aromatic rings. The lowest BCUT2D eigenvalue weighted by Crippen LogP contribution is -2.10. The molecule has 0 atom stereocenters. The number of para-hydroxylation sites is 1. The number of benzene rings is 10. The summed E-state index contributed by atoms with van der Waals surface area (Å²) in [5, 5.41) is 7.08. The first-order valence-corrected chi connectivity index (χ1v) is 20.6. The molecule has 0 amide bonds. The van der Waals surface area contributed by atoms with E-state index in [1.807, 2.05) is 36.4 Å². The van der Waals surface area contributed by atoms with Crippen LogP contribution in [0.5, 0.6) is 0 Å². The Morgan fingerprint density at radius 2 is 0.934 bits per heavy atom. The average molecular weight is 781 g/mol. The molecule has 0 bridgehead atoms. The van der Waals surface area contributed by atoms with E-state index in [0.29, 0.717) is 11.5 Å². The van der Waals surface area contributed by atoms with Crippen molar-refractivity contribution in [2.24, 2.45) is 0 Å². The molecule has 0 aliphatic carbocycles. The van der Waals surface area contributed by atoms with Gasteiger partial charge in [-0.1, -0.05) is 152 Å². The van der Waals surface area contributed by atoms with Crippen LogP contribution in [0.1, 0.15) is 0 Å². The van der Waals surface area contributed by atoms with Crippen LogP contribution in [0.2, 0.25) is 0 Å². The molecule has 0 fully saturated rings. The highest BCUT2D eigenvalue weighted by Crippen LogP contribution is 2.42. The van der Waals surface area contributed by atoms with Crippen LogP contribution < -0.4 is 4.90 Å². The van der Waals surface area contributed by atoms with Gasteiger partial charge in [0.2, 0.25) is 5.89 Å². The lowest BCUT2D eigenvalue weighted by Gasteiger charge is -2.26. The maximum Gasteiger partial charge on any atom is 0.227 e. The van der Waals surface area contributed by atoms with Crippen molar-refractivity contribution in [2.75, 3.05) is 4.90 Å². The van der Waals surface area contributed by atoms with Crippen LogP contribution in [0.15, 0.2) is 227 Å². The van der Waals surface area contributed by atoms with E-state index in [4.69, 9.17) is 13.8 Å². The lowest BCUT2D eigenvalue weighted by molar-refractivity contribution is 0.617. The Morgan fingerprint density at radius 1 is 0.328 bits per heavy atom. The molecular weight excluding hydrogens is 745 g/mol. The zero-order valence-corrected chi connectivity index (χ0v) is 33.0. The second kappa shape index (κ2) is 14.3. The van der Waals surface area contributed by atoms with Crippen molar-refractivity contribution in [1.82, 2.24) is 4.98 Å². The third-order valence-electron chi connectivity index (χ3n) is 11.9. The number of fused-ring (bicyclic) bond motifs is 7. The number of rotatable bonds is 7. The maximum atomic E-state index is 6.63. The molecule has 0 N–H and O–H groups in total. The van der Waals surface area contributed by atoms with E-state index in [-0.39, 0.29) is 0 Å². The Kier molecular flexibility index (Phi) is 8.13. The van der Waals surface area contributed by atoms with Crippen LogP contribution in [-0.2, 0) is 0 Å². The van der Waals surface area contributed by atoms with E-state index in [1.165, 1.54) is 38.2 Å². The SMILES string of the molecule is c1ccc(-c2cccc(N(c3ccc(-c4cc5ccccc5c5ccccc45)cc3)c3ccc(-c4cccc5c4oc4cc6oc(-c7ccccc7)nc6cc45)cc3)c2)cc1. The third-order valence-corrected chi connectivity index (χ3v) is 11.9. The van der Waals surface area contributed by atoms with Crippen molar-refractivity contribution in [2.45, 2.75) is 0 Å². The molecule has 0 saturated heterocycles. The minimum absolute atomic E-state index is 0.601. The van der Waals surface area contributed by atoms with Crippen LogP contribution in [0.3, 0.4) is 0 Å². The van der Waals surface area contributed by atoms with Gasteiger partial charge in [-0.25, -0.2) is 4.98 Å². The number of anilines is 3. The Morgan fingerprint density at radius 3 is 1.69 bits per heavy atom. The predicted molar refractivity (Wildman–Crippen MR) is 253 cm³/mol. The van der Waals surface area contributed by atoms with E-state index in [9.17, 15) is 0 Å². The second-order valence-corrected chi connectivity index (χ2v) is 15.5. The quantitative estimate of drug-likeness (QED) is 0.151. The summed E-state index contributed by atoms with van der Waals surface area (Å²) in [5.41, 5.74) is 14.1. The van der Waals surface area contributed by atoms with Crippen molar-refractivity contribution < 1.29 is 8.83 Å². The molecule has 286 valence electrons. The van der Waals surface area contributed by atoms with Crippen molar-refractivity contribution in [3.05, 3.63) is 218 Å². The molecule has 0 unspecified atom stereocenters. The molecule has 10 aromatic carbocycles. The Hall–Kier alpha value is -8.21. The number of hydrogen-bond donors (Lipinski definition) is 0. The molecule has 0 saturated carbocycles. The summed E-state index contributed by atoms with van der Waals surface area (Å²) in [5.74, 6) is 0.601. The molecule has 2 heterocycles. The van der Waals surface area contributed by atoms with E-state index >= 15 is 0 Å². The van der Waals surface area contributed by atoms with E-state index < -0.39 is 0 Å². The van der Waals surface area contributed by atoms with Gasteiger partial charge in [-0.2, -0.15) is 0 Å². The number of oxazole rings is 1. The van der Waals surface area contributed by atoms with Crippen molar-refractivity contribution >= 4 is 71.6 Å². The van der Waals surface area contributed by atoms with E-state index in [2.05, 4.69) is 187 Å². The van der Waals surface area contributed by atoms with Crippen molar-refractivity contribution in [3.8, 4) is 44.8 Å². The number of furan rings is 1. The number of nitrogens with zero attached hydrogens (tertiary/aromatic N) is 2. The fourth-order valence-electron chi connectivity index (χ4n) is 8.93.